The van der Waals surface area contributed by atoms with Gasteiger partial charge in [-0.05, 0) is 41.5 Å². The fraction of sp³-hybridized carbons (Fsp3) is 0.343. The molecule has 1 aliphatic heterocycles. The monoisotopic (exact) mass is 741 g/mol. The van der Waals surface area contributed by atoms with Crippen LogP contribution in [0.4, 0.5) is 45.2 Å². The van der Waals surface area contributed by atoms with Crippen molar-refractivity contribution >= 4 is 34.3 Å². The molecule has 17 heteroatoms. The number of rotatable bonds is 9. The maximum absolute atomic E-state index is 14.0. The van der Waals surface area contributed by atoms with Crippen molar-refractivity contribution in [2.75, 3.05) is 37.6 Å². The van der Waals surface area contributed by atoms with Gasteiger partial charge in [0.05, 0.1) is 29.8 Å². The highest BCUT2D eigenvalue weighted by atomic mass is 19.4. The summed E-state index contributed by atoms with van der Waals surface area (Å²) in [6, 6.07) is 14.6. The minimum Gasteiger partial charge on any atom is -0.369 e. The van der Waals surface area contributed by atoms with E-state index in [1.165, 1.54) is 0 Å². The average Bonchev–Trinajstić information content (AvgIpc) is 3.48. The molecule has 2 heterocycles. The number of carbonyl (C=O) groups is 3. The van der Waals surface area contributed by atoms with E-state index in [9.17, 15) is 53.9 Å². The Morgan fingerprint density at radius 1 is 0.808 bits per heavy atom. The molecule has 0 saturated carbocycles. The first kappa shape index (κ1) is 38.2. The summed E-state index contributed by atoms with van der Waals surface area (Å²) in [5, 5.41) is 3.20. The number of hydrogen-bond donors (Lipinski definition) is 2. The van der Waals surface area contributed by atoms with Crippen LogP contribution < -0.4 is 10.2 Å². The summed E-state index contributed by atoms with van der Waals surface area (Å²) in [5.41, 5.74) is -7.09. The molecule has 4 aromatic rings. The van der Waals surface area contributed by atoms with Gasteiger partial charge >= 0.3 is 18.5 Å². The van der Waals surface area contributed by atoms with Gasteiger partial charge in [0.2, 0.25) is 11.8 Å². The molecule has 1 fully saturated rings. The van der Waals surface area contributed by atoms with Gasteiger partial charge in [0, 0.05) is 62.3 Å². The number of aromatic nitrogens is 1. The number of H-pyrrole nitrogens is 1. The van der Waals surface area contributed by atoms with Crippen molar-refractivity contribution in [2.24, 2.45) is 0 Å². The van der Waals surface area contributed by atoms with Gasteiger partial charge < -0.3 is 15.2 Å². The first-order chi connectivity index (χ1) is 24.3. The van der Waals surface area contributed by atoms with Gasteiger partial charge in [0.1, 0.15) is 6.04 Å². The summed E-state index contributed by atoms with van der Waals surface area (Å²) in [4.78, 5) is 47.4. The van der Waals surface area contributed by atoms with E-state index in [-0.39, 0.29) is 25.1 Å². The number of hydrogen-bond acceptors (Lipinski definition) is 5. The van der Waals surface area contributed by atoms with Crippen LogP contribution in [0, 0.1) is 0 Å². The van der Waals surface area contributed by atoms with Crippen molar-refractivity contribution in [3.63, 3.8) is 0 Å². The number of alkyl halides is 9. The second-order valence-electron chi connectivity index (χ2n) is 12.3. The molecule has 1 unspecified atom stereocenters. The zero-order chi connectivity index (χ0) is 38.0. The number of benzene rings is 3. The topological polar surface area (TPSA) is 88.8 Å². The summed E-state index contributed by atoms with van der Waals surface area (Å²) >= 11 is 0. The van der Waals surface area contributed by atoms with Crippen LogP contribution in [-0.4, -0.2) is 71.3 Å². The van der Waals surface area contributed by atoms with Crippen molar-refractivity contribution in [1.29, 1.82) is 0 Å². The molecular formula is C35H32F9N5O3. The number of imide groups is 1. The lowest BCUT2D eigenvalue weighted by molar-refractivity contribution is -0.174. The van der Waals surface area contributed by atoms with E-state index in [0.717, 1.165) is 12.6 Å². The molecule has 1 atom stereocenters. The lowest BCUT2D eigenvalue weighted by Gasteiger charge is -2.36. The van der Waals surface area contributed by atoms with Crippen LogP contribution in [-0.2, 0) is 45.9 Å². The Balaban J connectivity index is 1.43. The minimum absolute atomic E-state index is 0.163. The molecule has 0 aliphatic carbocycles. The van der Waals surface area contributed by atoms with E-state index in [1.807, 2.05) is 35.2 Å². The molecule has 1 saturated heterocycles. The quantitative estimate of drug-likeness (QED) is 0.188. The number of aromatic amines is 1. The molecule has 5 rings (SSSR count). The maximum Gasteiger partial charge on any atom is 0.417 e. The molecule has 0 spiro atoms. The second-order valence-corrected chi connectivity index (χ2v) is 12.3. The molecule has 278 valence electrons. The summed E-state index contributed by atoms with van der Waals surface area (Å²) in [5.74, 6) is -2.98. The van der Waals surface area contributed by atoms with E-state index in [0.29, 0.717) is 47.5 Å². The fourth-order valence-corrected chi connectivity index (χ4v) is 6.23. The van der Waals surface area contributed by atoms with Crippen LogP contribution in [0.1, 0.15) is 34.7 Å². The number of amides is 3. The molecular weight excluding hydrogens is 709 g/mol. The van der Waals surface area contributed by atoms with Crippen molar-refractivity contribution < 1.29 is 53.9 Å². The van der Waals surface area contributed by atoms with Gasteiger partial charge in [-0.3, -0.25) is 24.2 Å². The Bertz CT molecular complexity index is 1880. The third-order valence-electron chi connectivity index (χ3n) is 8.67. The molecule has 0 radical (unpaired) electrons. The molecule has 2 N–H and O–H groups in total. The highest BCUT2D eigenvalue weighted by Crippen LogP contribution is 2.47. The van der Waals surface area contributed by atoms with Crippen LogP contribution in [0.3, 0.4) is 0 Å². The summed E-state index contributed by atoms with van der Waals surface area (Å²) in [6.45, 7) is 1.50. The first-order valence-corrected chi connectivity index (χ1v) is 15.9. The van der Waals surface area contributed by atoms with Crippen LogP contribution in [0.2, 0.25) is 0 Å². The Morgan fingerprint density at radius 2 is 1.38 bits per heavy atom. The van der Waals surface area contributed by atoms with Crippen molar-refractivity contribution in [3.8, 4) is 0 Å². The van der Waals surface area contributed by atoms with E-state index >= 15 is 0 Å². The smallest absolute Gasteiger partial charge is 0.369 e. The number of piperazine rings is 1. The molecule has 0 bridgehead atoms. The van der Waals surface area contributed by atoms with Crippen molar-refractivity contribution in [3.05, 3.63) is 101 Å². The predicted octanol–water partition coefficient (Wildman–Crippen LogP) is 6.65. The average molecular weight is 742 g/mol. The van der Waals surface area contributed by atoms with E-state index in [2.05, 4.69) is 15.2 Å². The number of fused-ring (bicyclic) bond motifs is 1. The van der Waals surface area contributed by atoms with Gasteiger partial charge in [0.25, 0.3) is 5.91 Å². The number of nitrogens with one attached hydrogen (secondary N) is 2. The normalized spacial score (nSPS) is 15.1. The fourth-order valence-electron chi connectivity index (χ4n) is 6.23. The van der Waals surface area contributed by atoms with Gasteiger partial charge in [-0.15, -0.1) is 0 Å². The van der Waals surface area contributed by atoms with Crippen LogP contribution in [0.25, 0.3) is 10.9 Å². The highest BCUT2D eigenvalue weighted by molar-refractivity contribution is 5.99. The second kappa shape index (κ2) is 14.9. The standard InChI is InChI=1S/C35H32F9N5O3/c1-21(50)49(19-22-15-26(33(36,37)38)31(35(42,43)44)27(16-22)34(39,40)41)32(52)29(17-23-18-45-28-10-6-5-9-25(23)28)46-30(51)20-47-11-13-48(14-12-47)24-7-3-2-4-8-24/h2-10,15-16,18,29,45H,11-14,17,19-20H2,1H3,(H,46,51). The largest absolute Gasteiger partial charge is 0.417 e. The number of nitrogens with zero attached hydrogens (tertiary/aromatic N) is 3. The molecule has 8 nitrogen and oxygen atoms in total. The van der Waals surface area contributed by atoms with Crippen LogP contribution >= 0.6 is 0 Å². The Morgan fingerprint density at radius 3 is 1.94 bits per heavy atom. The van der Waals surface area contributed by atoms with Crippen LogP contribution in [0.15, 0.2) is 72.9 Å². The summed E-state index contributed by atoms with van der Waals surface area (Å²) in [7, 11) is 0. The minimum atomic E-state index is -6.05. The number of para-hydroxylation sites is 2. The predicted molar refractivity (Wildman–Crippen MR) is 172 cm³/mol. The zero-order valence-electron chi connectivity index (χ0n) is 27.4. The number of anilines is 1. The zero-order valence-corrected chi connectivity index (χ0v) is 27.4. The lowest BCUT2D eigenvalue weighted by Crippen LogP contribution is -2.54. The summed E-state index contributed by atoms with van der Waals surface area (Å²) < 4.78 is 124. The van der Waals surface area contributed by atoms with E-state index in [1.54, 1.807) is 30.5 Å². The van der Waals surface area contributed by atoms with Gasteiger partial charge in [-0.1, -0.05) is 36.4 Å². The number of halogens is 9. The molecule has 52 heavy (non-hydrogen) atoms. The van der Waals surface area contributed by atoms with Crippen molar-refractivity contribution in [2.45, 2.75) is 44.5 Å². The lowest BCUT2D eigenvalue weighted by atomic mass is 9.95. The Hall–Kier alpha value is -5.06. The SMILES string of the molecule is CC(=O)N(Cc1cc(C(F)(F)F)c(C(F)(F)F)c(C(F)(F)F)c1)C(=O)C(Cc1c[nH]c2ccccc12)NC(=O)CN1CCN(c2ccccc2)CC1. The van der Waals surface area contributed by atoms with Gasteiger partial charge in [-0.2, -0.15) is 39.5 Å². The van der Waals surface area contributed by atoms with Crippen LogP contribution in [0.5, 0.6) is 0 Å². The molecule has 1 aliphatic rings. The highest BCUT2D eigenvalue weighted by Gasteiger charge is 2.50. The molecule has 3 amide bonds. The Kier molecular flexibility index (Phi) is 10.9. The third-order valence-corrected chi connectivity index (χ3v) is 8.67. The summed E-state index contributed by atoms with van der Waals surface area (Å²) in [6.07, 6.45) is -16.5. The molecule has 3 aromatic carbocycles. The number of carbonyl (C=O) groups excluding carboxylic acids is 3. The van der Waals surface area contributed by atoms with Gasteiger partial charge in [-0.25, -0.2) is 0 Å². The molecule has 1 aromatic heterocycles. The third kappa shape index (κ3) is 8.86. The van der Waals surface area contributed by atoms with Crippen molar-refractivity contribution in [1.82, 2.24) is 20.1 Å². The maximum atomic E-state index is 14.0. The van der Waals surface area contributed by atoms with E-state index in [4.69, 9.17) is 0 Å². The van der Waals surface area contributed by atoms with Gasteiger partial charge in [0.15, 0.2) is 0 Å². The van der Waals surface area contributed by atoms with E-state index < -0.39 is 71.1 Å². The Labute approximate surface area is 291 Å². The first-order valence-electron chi connectivity index (χ1n) is 15.9.